The molecule has 0 saturated heterocycles. The van der Waals surface area contributed by atoms with Gasteiger partial charge < -0.3 is 10.6 Å². The lowest BCUT2D eigenvalue weighted by Crippen LogP contribution is -2.10. The Morgan fingerprint density at radius 1 is 1.00 bits per heavy atom. The van der Waals surface area contributed by atoms with Crippen LogP contribution in [0.3, 0.4) is 0 Å². The van der Waals surface area contributed by atoms with Crippen LogP contribution in [0.5, 0.6) is 0 Å². The molecule has 0 atom stereocenters. The Bertz CT molecular complexity index is 1110. The van der Waals surface area contributed by atoms with Gasteiger partial charge in [0.1, 0.15) is 5.82 Å². The van der Waals surface area contributed by atoms with Crippen LogP contribution in [-0.2, 0) is 9.84 Å². The van der Waals surface area contributed by atoms with Gasteiger partial charge in [0.25, 0.3) is 0 Å². The van der Waals surface area contributed by atoms with E-state index in [0.717, 1.165) is 19.1 Å². The van der Waals surface area contributed by atoms with E-state index >= 15 is 0 Å². The van der Waals surface area contributed by atoms with Gasteiger partial charge in [-0.25, -0.2) is 12.8 Å². The minimum Gasteiger partial charge on any atom is -0.354 e. The van der Waals surface area contributed by atoms with E-state index in [4.69, 9.17) is 0 Å². The van der Waals surface area contributed by atoms with Gasteiger partial charge in [-0.2, -0.15) is 15.0 Å². The van der Waals surface area contributed by atoms with Crippen LogP contribution < -0.4 is 10.6 Å². The van der Waals surface area contributed by atoms with E-state index in [1.54, 1.807) is 30.3 Å². The first-order chi connectivity index (χ1) is 13.9. The van der Waals surface area contributed by atoms with Crippen molar-refractivity contribution < 1.29 is 12.8 Å². The van der Waals surface area contributed by atoms with Crippen LogP contribution in [0.4, 0.5) is 22.0 Å². The fraction of sp³-hybridized carbons (Fsp3) is 0.250. The van der Waals surface area contributed by atoms with Crippen LogP contribution in [0.1, 0.15) is 19.8 Å². The third kappa shape index (κ3) is 5.47. The molecule has 0 bridgehead atoms. The number of hydrogen-bond acceptors (Lipinski definition) is 7. The highest BCUT2D eigenvalue weighted by atomic mass is 32.2. The molecule has 9 heteroatoms. The van der Waals surface area contributed by atoms with Gasteiger partial charge in [0.2, 0.25) is 11.9 Å². The first-order valence-electron chi connectivity index (χ1n) is 9.19. The minimum absolute atomic E-state index is 0.173. The topological polar surface area (TPSA) is 96.9 Å². The summed E-state index contributed by atoms with van der Waals surface area (Å²) in [5.74, 6) is 0.235. The molecule has 0 aliphatic carbocycles. The van der Waals surface area contributed by atoms with Crippen LogP contribution in [0.25, 0.3) is 11.4 Å². The predicted octanol–water partition coefficient (Wildman–Crippen LogP) is 4.04. The van der Waals surface area contributed by atoms with Crippen LogP contribution in [0.2, 0.25) is 0 Å². The first kappa shape index (κ1) is 20.7. The van der Waals surface area contributed by atoms with Crippen molar-refractivity contribution in [2.45, 2.75) is 24.7 Å². The number of benzene rings is 2. The number of aromatic nitrogens is 3. The molecule has 0 aliphatic heterocycles. The molecule has 152 valence electrons. The molecule has 0 aliphatic rings. The Balaban J connectivity index is 1.98. The number of hydrogen-bond donors (Lipinski definition) is 2. The van der Waals surface area contributed by atoms with Gasteiger partial charge in [-0.15, -0.1) is 0 Å². The Morgan fingerprint density at radius 3 is 2.48 bits per heavy atom. The second-order valence-corrected chi connectivity index (χ2v) is 8.51. The van der Waals surface area contributed by atoms with E-state index in [-0.39, 0.29) is 22.2 Å². The Labute approximate surface area is 169 Å². The third-order valence-electron chi connectivity index (χ3n) is 4.08. The van der Waals surface area contributed by atoms with Gasteiger partial charge in [-0.3, -0.25) is 0 Å². The maximum absolute atomic E-state index is 14.2. The molecule has 29 heavy (non-hydrogen) atoms. The zero-order valence-electron chi connectivity index (χ0n) is 16.2. The molecule has 1 aromatic heterocycles. The largest absolute Gasteiger partial charge is 0.354 e. The number of sulfone groups is 1. The number of nitrogens with one attached hydrogen (secondary N) is 2. The van der Waals surface area contributed by atoms with E-state index in [2.05, 4.69) is 32.5 Å². The van der Waals surface area contributed by atoms with Crippen molar-refractivity contribution in [1.29, 1.82) is 0 Å². The molecule has 0 unspecified atom stereocenters. The summed E-state index contributed by atoms with van der Waals surface area (Å²) in [5.41, 5.74) is 0.750. The Kier molecular flexibility index (Phi) is 6.38. The third-order valence-corrected chi connectivity index (χ3v) is 5.19. The zero-order chi connectivity index (χ0) is 20.9. The van der Waals surface area contributed by atoms with Crippen molar-refractivity contribution in [3.05, 3.63) is 54.3 Å². The average molecular weight is 415 g/mol. The lowest BCUT2D eigenvalue weighted by Gasteiger charge is -2.11. The van der Waals surface area contributed by atoms with Crippen molar-refractivity contribution >= 4 is 27.4 Å². The van der Waals surface area contributed by atoms with Crippen LogP contribution in [0, 0.1) is 5.82 Å². The van der Waals surface area contributed by atoms with Gasteiger partial charge in [0, 0.05) is 18.5 Å². The smallest absolute Gasteiger partial charge is 0.232 e. The van der Waals surface area contributed by atoms with E-state index in [0.29, 0.717) is 18.2 Å². The quantitative estimate of drug-likeness (QED) is 0.536. The molecule has 2 N–H and O–H groups in total. The van der Waals surface area contributed by atoms with Crippen molar-refractivity contribution in [2.24, 2.45) is 0 Å². The number of nitrogens with zero attached hydrogens (tertiary/aromatic N) is 3. The lowest BCUT2D eigenvalue weighted by molar-refractivity contribution is 0.602. The summed E-state index contributed by atoms with van der Waals surface area (Å²) in [5, 5.41) is 6.10. The van der Waals surface area contributed by atoms with E-state index in [1.165, 1.54) is 18.2 Å². The van der Waals surface area contributed by atoms with Crippen LogP contribution in [-0.4, -0.2) is 36.2 Å². The summed E-state index contributed by atoms with van der Waals surface area (Å²) in [7, 11) is -3.35. The first-order valence-corrected chi connectivity index (χ1v) is 11.1. The normalized spacial score (nSPS) is 11.3. The molecule has 0 amide bonds. The predicted molar refractivity (Wildman–Crippen MR) is 111 cm³/mol. The molecular formula is C20H22FN5O2S. The van der Waals surface area contributed by atoms with E-state index < -0.39 is 15.7 Å². The van der Waals surface area contributed by atoms with Crippen molar-refractivity contribution in [1.82, 2.24) is 15.0 Å². The van der Waals surface area contributed by atoms with Crippen LogP contribution >= 0.6 is 0 Å². The molecule has 1 heterocycles. The highest BCUT2D eigenvalue weighted by molar-refractivity contribution is 7.90. The second-order valence-electron chi connectivity index (χ2n) is 6.49. The number of unbranched alkanes of at least 4 members (excludes halogenated alkanes) is 1. The molecule has 7 nitrogen and oxygen atoms in total. The van der Waals surface area contributed by atoms with E-state index in [1.807, 2.05) is 0 Å². The molecule has 0 fully saturated rings. The molecule has 2 aromatic carbocycles. The molecule has 3 rings (SSSR count). The Morgan fingerprint density at radius 2 is 1.76 bits per heavy atom. The second kappa shape index (κ2) is 8.95. The summed E-state index contributed by atoms with van der Waals surface area (Å²) in [6.45, 7) is 2.74. The van der Waals surface area contributed by atoms with Crippen molar-refractivity contribution in [3.63, 3.8) is 0 Å². The number of rotatable bonds is 8. The Hall–Kier alpha value is -3.07. The zero-order valence-corrected chi connectivity index (χ0v) is 17.0. The highest BCUT2D eigenvalue weighted by Gasteiger charge is 2.13. The molecule has 0 spiro atoms. The van der Waals surface area contributed by atoms with Gasteiger partial charge in [0.05, 0.1) is 10.5 Å². The monoisotopic (exact) mass is 415 g/mol. The van der Waals surface area contributed by atoms with Crippen molar-refractivity contribution in [2.75, 3.05) is 23.4 Å². The summed E-state index contributed by atoms with van der Waals surface area (Å²) in [6.07, 6.45) is 3.07. The van der Waals surface area contributed by atoms with Crippen LogP contribution in [0.15, 0.2) is 53.4 Å². The molecule has 3 aromatic rings. The molecule has 0 saturated carbocycles. The van der Waals surface area contributed by atoms with Gasteiger partial charge in [-0.1, -0.05) is 31.5 Å². The van der Waals surface area contributed by atoms with Gasteiger partial charge in [0.15, 0.2) is 15.7 Å². The summed E-state index contributed by atoms with van der Waals surface area (Å²) >= 11 is 0. The summed E-state index contributed by atoms with van der Waals surface area (Å²) in [4.78, 5) is 13.1. The number of anilines is 3. The minimum atomic E-state index is -3.35. The van der Waals surface area contributed by atoms with Gasteiger partial charge >= 0.3 is 0 Å². The standard InChI is InChI=1S/C20H22FN5O2S/c1-3-4-12-22-19-24-18(16-10-5-6-11-17(16)21)25-20(26-19)23-14-8-7-9-15(13-14)29(2,27)28/h5-11,13H,3-4,12H2,1-2H3,(H2,22,23,24,25,26). The fourth-order valence-corrected chi connectivity index (χ4v) is 3.25. The maximum atomic E-state index is 14.2. The summed E-state index contributed by atoms with van der Waals surface area (Å²) in [6, 6.07) is 12.6. The number of halogens is 1. The van der Waals surface area contributed by atoms with E-state index in [9.17, 15) is 12.8 Å². The average Bonchev–Trinajstić information content (AvgIpc) is 2.68. The molecular weight excluding hydrogens is 393 g/mol. The SMILES string of the molecule is CCCCNc1nc(Nc2cccc(S(C)(=O)=O)c2)nc(-c2ccccc2F)n1. The fourth-order valence-electron chi connectivity index (χ4n) is 2.58. The van der Waals surface area contributed by atoms with Gasteiger partial charge in [-0.05, 0) is 36.8 Å². The summed E-state index contributed by atoms with van der Waals surface area (Å²) < 4.78 is 37.8. The molecule has 0 radical (unpaired) electrons. The maximum Gasteiger partial charge on any atom is 0.232 e. The van der Waals surface area contributed by atoms with Crippen molar-refractivity contribution in [3.8, 4) is 11.4 Å². The highest BCUT2D eigenvalue weighted by Crippen LogP contribution is 2.23. The lowest BCUT2D eigenvalue weighted by atomic mass is 10.2.